The van der Waals surface area contributed by atoms with Gasteiger partial charge >= 0.3 is 0 Å². The van der Waals surface area contributed by atoms with E-state index in [1.807, 2.05) is 12.1 Å². The number of hydrogen-bond acceptors (Lipinski definition) is 5. The fourth-order valence-corrected chi connectivity index (χ4v) is 3.03. The van der Waals surface area contributed by atoms with Crippen molar-refractivity contribution >= 4 is 23.4 Å². The number of amides is 1. The number of hydrogen-bond donors (Lipinski definition) is 5. The molecule has 7 nitrogen and oxygen atoms in total. The second-order valence-corrected chi connectivity index (χ2v) is 6.18. The van der Waals surface area contributed by atoms with E-state index in [9.17, 15) is 10.0 Å². The number of carbonyl (C=O) groups excluding carboxylic acids is 1. The van der Waals surface area contributed by atoms with Gasteiger partial charge in [0.25, 0.3) is 5.91 Å². The standard InChI is InChI=1S/C19H22N4O3/c24-19(22-25)10-7-14-5-8-16(9-6-14)21-23(26)12-11-15-13-20-18-4-2-1-3-17(15)18/h1-10,15,20-21,23,25H,11-13H2,(H,22,24)/b10-7+. The summed E-state index contributed by atoms with van der Waals surface area (Å²) in [4.78, 5) is 10.9. The Morgan fingerprint density at radius 1 is 1.27 bits per heavy atom. The molecule has 0 saturated carbocycles. The summed E-state index contributed by atoms with van der Waals surface area (Å²) in [6.07, 6.45) is 3.59. The van der Waals surface area contributed by atoms with Crippen LogP contribution in [0.2, 0.25) is 0 Å². The van der Waals surface area contributed by atoms with E-state index in [0.29, 0.717) is 18.2 Å². The lowest BCUT2D eigenvalue weighted by molar-refractivity contribution is -0.824. The lowest BCUT2D eigenvalue weighted by Crippen LogP contribution is -3.10. The number of rotatable bonds is 7. The summed E-state index contributed by atoms with van der Waals surface area (Å²) in [7, 11) is 0. The summed E-state index contributed by atoms with van der Waals surface area (Å²) in [5.41, 5.74) is 8.37. The highest BCUT2D eigenvalue weighted by Gasteiger charge is 2.22. The fourth-order valence-electron chi connectivity index (χ4n) is 3.03. The first kappa shape index (κ1) is 17.9. The number of anilines is 2. The van der Waals surface area contributed by atoms with E-state index in [4.69, 9.17) is 5.21 Å². The van der Waals surface area contributed by atoms with Gasteiger partial charge in [-0.2, -0.15) is 0 Å². The number of para-hydroxylation sites is 1. The zero-order valence-electron chi connectivity index (χ0n) is 14.2. The number of nitrogens with one attached hydrogen (secondary N) is 4. The van der Waals surface area contributed by atoms with Crippen molar-refractivity contribution in [2.45, 2.75) is 12.3 Å². The van der Waals surface area contributed by atoms with Gasteiger partial charge in [-0.1, -0.05) is 30.3 Å². The van der Waals surface area contributed by atoms with Crippen molar-refractivity contribution in [1.29, 1.82) is 0 Å². The van der Waals surface area contributed by atoms with Crippen molar-refractivity contribution in [1.82, 2.24) is 5.48 Å². The molecule has 0 saturated heterocycles. The van der Waals surface area contributed by atoms with Crippen molar-refractivity contribution in [3.05, 3.63) is 70.9 Å². The average molecular weight is 354 g/mol. The van der Waals surface area contributed by atoms with Crippen LogP contribution in [0.4, 0.5) is 11.4 Å². The molecule has 0 aliphatic carbocycles. The van der Waals surface area contributed by atoms with Gasteiger partial charge in [0, 0.05) is 30.6 Å². The molecule has 3 rings (SSSR count). The van der Waals surface area contributed by atoms with Gasteiger partial charge in [-0.3, -0.25) is 15.2 Å². The summed E-state index contributed by atoms with van der Waals surface area (Å²) in [5.74, 6) is -0.229. The zero-order chi connectivity index (χ0) is 18.4. The number of quaternary nitrogens is 1. The van der Waals surface area contributed by atoms with Gasteiger partial charge in [-0.15, -0.1) is 0 Å². The first-order chi connectivity index (χ1) is 12.7. The second-order valence-electron chi connectivity index (χ2n) is 6.18. The molecule has 2 aromatic carbocycles. The molecule has 1 heterocycles. The van der Waals surface area contributed by atoms with E-state index < -0.39 is 5.91 Å². The van der Waals surface area contributed by atoms with Crippen molar-refractivity contribution in [3.8, 4) is 0 Å². The average Bonchev–Trinajstić information content (AvgIpc) is 3.09. The minimum Gasteiger partial charge on any atom is -0.608 e. The molecule has 0 fully saturated rings. The van der Waals surface area contributed by atoms with E-state index >= 15 is 0 Å². The molecule has 0 radical (unpaired) electrons. The quantitative estimate of drug-likeness (QED) is 0.295. The molecule has 1 amide bonds. The molecular formula is C19H22N4O3. The van der Waals surface area contributed by atoms with Crippen LogP contribution in [0.3, 0.4) is 0 Å². The molecule has 1 aliphatic heterocycles. The summed E-state index contributed by atoms with van der Waals surface area (Å²) in [5, 5.41) is 24.0. The highest BCUT2D eigenvalue weighted by atomic mass is 16.5. The third kappa shape index (κ3) is 4.60. The second kappa shape index (κ2) is 8.48. The Bertz CT molecular complexity index is 777. The van der Waals surface area contributed by atoms with Gasteiger partial charge < -0.3 is 10.5 Å². The molecule has 0 spiro atoms. The Labute approximate surface area is 151 Å². The maximum Gasteiger partial charge on any atom is 0.267 e. The monoisotopic (exact) mass is 354 g/mol. The van der Waals surface area contributed by atoms with Crippen molar-refractivity contribution in [2.24, 2.45) is 0 Å². The van der Waals surface area contributed by atoms with Gasteiger partial charge in [0.05, 0.1) is 12.2 Å². The third-order valence-corrected chi connectivity index (χ3v) is 4.39. The molecule has 2 unspecified atom stereocenters. The summed E-state index contributed by atoms with van der Waals surface area (Å²) in [6.45, 7) is 1.33. The Balaban J connectivity index is 1.48. The highest BCUT2D eigenvalue weighted by molar-refractivity contribution is 5.90. The lowest BCUT2D eigenvalue weighted by Gasteiger charge is -2.24. The van der Waals surface area contributed by atoms with Crippen LogP contribution in [-0.4, -0.2) is 24.2 Å². The predicted molar refractivity (Wildman–Crippen MR) is 101 cm³/mol. The number of benzene rings is 2. The van der Waals surface area contributed by atoms with Crippen LogP contribution in [0.5, 0.6) is 0 Å². The molecule has 7 heteroatoms. The fraction of sp³-hybridized carbons (Fsp3) is 0.211. The highest BCUT2D eigenvalue weighted by Crippen LogP contribution is 2.32. The Hall–Kier alpha value is -2.87. The molecule has 0 bridgehead atoms. The third-order valence-electron chi connectivity index (χ3n) is 4.39. The molecule has 1 aliphatic rings. The molecule has 2 aromatic rings. The van der Waals surface area contributed by atoms with E-state index in [1.165, 1.54) is 17.1 Å². The minimum atomic E-state index is -0.592. The first-order valence-electron chi connectivity index (χ1n) is 8.50. The predicted octanol–water partition coefficient (Wildman–Crippen LogP) is 1.51. The SMILES string of the molecule is O=C(/C=C/c1ccc(N[NH+]([O-])CCC2CNc3ccccc32)cc1)NO. The van der Waals surface area contributed by atoms with E-state index in [0.717, 1.165) is 24.2 Å². The van der Waals surface area contributed by atoms with Crippen LogP contribution in [0.1, 0.15) is 23.5 Å². The molecule has 0 aromatic heterocycles. The molecule has 26 heavy (non-hydrogen) atoms. The maximum absolute atomic E-state index is 12.2. The van der Waals surface area contributed by atoms with Crippen LogP contribution >= 0.6 is 0 Å². The molecule has 2 atom stereocenters. The Morgan fingerprint density at radius 2 is 2.04 bits per heavy atom. The van der Waals surface area contributed by atoms with Crippen LogP contribution in [0.25, 0.3) is 6.08 Å². The van der Waals surface area contributed by atoms with Gasteiger partial charge in [0.1, 0.15) is 0 Å². The number of fused-ring (bicyclic) bond motifs is 1. The lowest BCUT2D eigenvalue weighted by atomic mass is 9.98. The number of carbonyl (C=O) groups is 1. The van der Waals surface area contributed by atoms with Crippen LogP contribution in [0.15, 0.2) is 54.6 Å². The smallest absolute Gasteiger partial charge is 0.267 e. The molecule has 5 N–H and O–H groups in total. The van der Waals surface area contributed by atoms with Crippen LogP contribution in [-0.2, 0) is 4.79 Å². The van der Waals surface area contributed by atoms with E-state index in [2.05, 4.69) is 22.9 Å². The summed E-state index contributed by atoms with van der Waals surface area (Å²) in [6, 6.07) is 15.3. The molecular weight excluding hydrogens is 332 g/mol. The van der Waals surface area contributed by atoms with Crippen molar-refractivity contribution in [2.75, 3.05) is 23.8 Å². The van der Waals surface area contributed by atoms with Gasteiger partial charge in [0.15, 0.2) is 0 Å². The normalized spacial score (nSPS) is 16.8. The topological polar surface area (TPSA) is 101 Å². The van der Waals surface area contributed by atoms with Gasteiger partial charge in [0.2, 0.25) is 0 Å². The van der Waals surface area contributed by atoms with E-state index in [-0.39, 0.29) is 5.17 Å². The summed E-state index contributed by atoms with van der Waals surface area (Å²) < 4.78 is 0. The number of hydroxylamine groups is 2. The first-order valence-corrected chi connectivity index (χ1v) is 8.50. The Kier molecular flexibility index (Phi) is 5.85. The largest absolute Gasteiger partial charge is 0.608 e. The van der Waals surface area contributed by atoms with Gasteiger partial charge in [-0.05, 0) is 35.4 Å². The summed E-state index contributed by atoms with van der Waals surface area (Å²) >= 11 is 0. The van der Waals surface area contributed by atoms with E-state index in [1.54, 1.807) is 30.3 Å². The maximum atomic E-state index is 12.2. The van der Waals surface area contributed by atoms with Crippen molar-refractivity contribution in [3.63, 3.8) is 0 Å². The minimum absolute atomic E-state index is 0.0164. The van der Waals surface area contributed by atoms with Crippen LogP contribution < -0.4 is 21.4 Å². The zero-order valence-corrected chi connectivity index (χ0v) is 14.2. The van der Waals surface area contributed by atoms with Crippen LogP contribution in [0, 0.1) is 5.21 Å². The van der Waals surface area contributed by atoms with Crippen molar-refractivity contribution < 1.29 is 15.2 Å². The van der Waals surface area contributed by atoms with Gasteiger partial charge in [-0.25, -0.2) is 10.9 Å². The Morgan fingerprint density at radius 3 is 2.81 bits per heavy atom. The molecule has 136 valence electrons.